The average Bonchev–Trinajstić information content (AvgIpc) is 2.52. The van der Waals surface area contributed by atoms with Gasteiger partial charge in [-0.05, 0) is 12.1 Å². The monoisotopic (exact) mass is 288 g/mol. The lowest BCUT2D eigenvalue weighted by molar-refractivity contribution is -0.145. The van der Waals surface area contributed by atoms with Crippen LogP contribution in [0, 0.1) is 0 Å². The minimum atomic E-state index is -1.12. The van der Waals surface area contributed by atoms with E-state index in [1.807, 2.05) is 6.07 Å². The van der Waals surface area contributed by atoms with Crippen molar-refractivity contribution in [3.8, 4) is 17.2 Å². The molecule has 0 bridgehead atoms. The molecular formula is C16H16O5. The summed E-state index contributed by atoms with van der Waals surface area (Å²) in [5, 5.41) is 9.38. The Morgan fingerprint density at radius 3 is 2.19 bits per heavy atom. The molecule has 2 rings (SSSR count). The molecule has 0 aliphatic heterocycles. The third-order valence-corrected chi connectivity index (χ3v) is 2.94. The van der Waals surface area contributed by atoms with Gasteiger partial charge in [0, 0.05) is 5.56 Å². The first-order chi connectivity index (χ1) is 10.2. The molecule has 1 N–H and O–H groups in total. The Labute approximate surface area is 122 Å². The third-order valence-electron chi connectivity index (χ3n) is 2.94. The van der Waals surface area contributed by atoms with E-state index >= 15 is 0 Å². The van der Waals surface area contributed by atoms with Gasteiger partial charge in [-0.1, -0.05) is 36.4 Å². The molecular weight excluding hydrogens is 272 g/mol. The minimum absolute atomic E-state index is 0.313. The normalized spacial score (nSPS) is 11.5. The van der Waals surface area contributed by atoms with E-state index < -0.39 is 12.1 Å². The van der Waals surface area contributed by atoms with Gasteiger partial charge in [0.1, 0.15) is 0 Å². The van der Waals surface area contributed by atoms with E-state index in [0.717, 1.165) is 0 Å². The topological polar surface area (TPSA) is 65.0 Å². The van der Waals surface area contributed by atoms with Gasteiger partial charge in [0.05, 0.1) is 14.2 Å². The van der Waals surface area contributed by atoms with Crippen molar-refractivity contribution in [2.75, 3.05) is 14.2 Å². The first-order valence-corrected chi connectivity index (χ1v) is 6.32. The number of hydrogen-bond acceptors (Lipinski definition) is 4. The molecule has 2 aromatic carbocycles. The van der Waals surface area contributed by atoms with Gasteiger partial charge in [0.2, 0.25) is 11.9 Å². The van der Waals surface area contributed by atoms with Crippen molar-refractivity contribution in [1.29, 1.82) is 0 Å². The van der Waals surface area contributed by atoms with Crippen molar-refractivity contribution in [1.82, 2.24) is 0 Å². The van der Waals surface area contributed by atoms with Crippen LogP contribution in [0.25, 0.3) is 0 Å². The SMILES string of the molecule is COc1cccc(OC(C(=O)O)c2ccccc2)c1OC. The number of carbonyl (C=O) groups is 1. The van der Waals surface area contributed by atoms with Crippen molar-refractivity contribution in [2.24, 2.45) is 0 Å². The second-order valence-electron chi connectivity index (χ2n) is 4.24. The molecule has 110 valence electrons. The predicted molar refractivity (Wildman–Crippen MR) is 77.0 cm³/mol. The number of ether oxygens (including phenoxy) is 3. The zero-order valence-electron chi connectivity index (χ0n) is 11.8. The summed E-state index contributed by atoms with van der Waals surface area (Å²) >= 11 is 0. The van der Waals surface area contributed by atoms with Crippen LogP contribution >= 0.6 is 0 Å². The van der Waals surface area contributed by atoms with E-state index in [4.69, 9.17) is 14.2 Å². The van der Waals surface area contributed by atoms with Crippen molar-refractivity contribution in [2.45, 2.75) is 6.10 Å². The predicted octanol–water partition coefficient (Wildman–Crippen LogP) is 2.91. The number of aliphatic carboxylic acids is 1. The lowest BCUT2D eigenvalue weighted by atomic mass is 10.1. The first-order valence-electron chi connectivity index (χ1n) is 6.32. The largest absolute Gasteiger partial charge is 0.493 e. The van der Waals surface area contributed by atoms with Crippen LogP contribution in [0.3, 0.4) is 0 Å². The molecule has 0 fully saturated rings. The maximum atomic E-state index is 11.5. The van der Waals surface area contributed by atoms with Crippen LogP contribution in [-0.4, -0.2) is 25.3 Å². The van der Waals surface area contributed by atoms with Crippen molar-refractivity contribution < 1.29 is 24.1 Å². The molecule has 5 heteroatoms. The standard InChI is InChI=1S/C16H16O5/c1-19-12-9-6-10-13(15(12)20-2)21-14(16(17)18)11-7-4-3-5-8-11/h3-10,14H,1-2H3,(H,17,18). The summed E-state index contributed by atoms with van der Waals surface area (Å²) in [5.74, 6) is 0.0774. The van der Waals surface area contributed by atoms with E-state index in [2.05, 4.69) is 0 Å². The van der Waals surface area contributed by atoms with E-state index in [0.29, 0.717) is 22.8 Å². The molecule has 1 atom stereocenters. The smallest absolute Gasteiger partial charge is 0.349 e. The Morgan fingerprint density at radius 1 is 0.952 bits per heavy atom. The number of carboxylic acid groups (broad SMARTS) is 1. The molecule has 1 unspecified atom stereocenters. The molecule has 0 radical (unpaired) electrons. The van der Waals surface area contributed by atoms with E-state index in [-0.39, 0.29) is 0 Å². The Kier molecular flexibility index (Phi) is 4.66. The lowest BCUT2D eigenvalue weighted by Gasteiger charge is -2.18. The van der Waals surface area contributed by atoms with Crippen LogP contribution in [0.15, 0.2) is 48.5 Å². The van der Waals surface area contributed by atoms with Crippen molar-refractivity contribution in [3.63, 3.8) is 0 Å². The fourth-order valence-electron chi connectivity index (χ4n) is 1.97. The number of carboxylic acids is 1. The molecule has 21 heavy (non-hydrogen) atoms. The highest BCUT2D eigenvalue weighted by molar-refractivity contribution is 5.75. The summed E-state index contributed by atoms with van der Waals surface area (Å²) in [5.41, 5.74) is 0.551. The van der Waals surface area contributed by atoms with Gasteiger partial charge in [0.25, 0.3) is 0 Å². The zero-order valence-corrected chi connectivity index (χ0v) is 11.8. The fourth-order valence-corrected chi connectivity index (χ4v) is 1.97. The number of benzene rings is 2. The second-order valence-corrected chi connectivity index (χ2v) is 4.24. The molecule has 5 nitrogen and oxygen atoms in total. The summed E-state index contributed by atoms with van der Waals surface area (Å²) < 4.78 is 16.0. The molecule has 0 aliphatic rings. The van der Waals surface area contributed by atoms with Crippen molar-refractivity contribution in [3.05, 3.63) is 54.1 Å². The van der Waals surface area contributed by atoms with Gasteiger partial charge in [-0.3, -0.25) is 0 Å². The van der Waals surface area contributed by atoms with Crippen molar-refractivity contribution >= 4 is 5.97 Å². The molecule has 0 aliphatic carbocycles. The second kappa shape index (κ2) is 6.65. The van der Waals surface area contributed by atoms with Crippen LogP contribution in [0.2, 0.25) is 0 Å². The molecule has 0 spiro atoms. The van der Waals surface area contributed by atoms with Crippen LogP contribution < -0.4 is 14.2 Å². The van der Waals surface area contributed by atoms with E-state index in [1.165, 1.54) is 14.2 Å². The first kappa shape index (κ1) is 14.7. The fraction of sp³-hybridized carbons (Fsp3) is 0.188. The number of methoxy groups -OCH3 is 2. The number of para-hydroxylation sites is 1. The third kappa shape index (κ3) is 3.25. The Morgan fingerprint density at radius 2 is 1.62 bits per heavy atom. The quantitative estimate of drug-likeness (QED) is 0.885. The summed E-state index contributed by atoms with van der Waals surface area (Å²) in [4.78, 5) is 11.5. The van der Waals surface area contributed by atoms with E-state index in [9.17, 15) is 9.90 Å². The van der Waals surface area contributed by atoms with Gasteiger partial charge in [-0.15, -0.1) is 0 Å². The zero-order chi connectivity index (χ0) is 15.2. The molecule has 0 saturated carbocycles. The molecule has 0 heterocycles. The summed E-state index contributed by atoms with van der Waals surface area (Å²) in [6.07, 6.45) is -1.12. The van der Waals surface area contributed by atoms with Crippen LogP contribution in [0.4, 0.5) is 0 Å². The maximum absolute atomic E-state index is 11.5. The maximum Gasteiger partial charge on any atom is 0.349 e. The van der Waals surface area contributed by atoms with Crippen LogP contribution in [0.1, 0.15) is 11.7 Å². The van der Waals surface area contributed by atoms with E-state index in [1.54, 1.807) is 42.5 Å². The lowest BCUT2D eigenvalue weighted by Crippen LogP contribution is -2.18. The summed E-state index contributed by atoms with van der Waals surface area (Å²) in [7, 11) is 2.98. The minimum Gasteiger partial charge on any atom is -0.493 e. The Bertz CT molecular complexity index is 609. The summed E-state index contributed by atoms with van der Waals surface area (Å²) in [6, 6.07) is 13.8. The number of rotatable bonds is 6. The van der Waals surface area contributed by atoms with Gasteiger partial charge < -0.3 is 19.3 Å². The molecule has 0 aromatic heterocycles. The Hall–Kier alpha value is -2.69. The molecule has 0 amide bonds. The molecule has 0 saturated heterocycles. The van der Waals surface area contributed by atoms with Gasteiger partial charge in [-0.25, -0.2) is 4.79 Å². The highest BCUT2D eigenvalue weighted by atomic mass is 16.5. The Balaban J connectivity index is 2.36. The van der Waals surface area contributed by atoms with Crippen LogP contribution in [-0.2, 0) is 4.79 Å². The van der Waals surface area contributed by atoms with Crippen LogP contribution in [0.5, 0.6) is 17.2 Å². The summed E-state index contributed by atoms with van der Waals surface area (Å²) in [6.45, 7) is 0. The number of hydrogen-bond donors (Lipinski definition) is 1. The molecule has 2 aromatic rings. The highest BCUT2D eigenvalue weighted by Gasteiger charge is 2.24. The van der Waals surface area contributed by atoms with Gasteiger partial charge >= 0.3 is 5.97 Å². The van der Waals surface area contributed by atoms with Gasteiger partial charge in [0.15, 0.2) is 11.5 Å². The highest BCUT2D eigenvalue weighted by Crippen LogP contribution is 2.38. The average molecular weight is 288 g/mol. The van der Waals surface area contributed by atoms with Gasteiger partial charge in [-0.2, -0.15) is 0 Å².